The molecule has 186 valence electrons. The van der Waals surface area contributed by atoms with E-state index in [9.17, 15) is 31.9 Å². The number of nitrogens with zero attached hydrogens (tertiary/aromatic N) is 2. The smallest absolute Gasteiger partial charge is 0.419 e. The van der Waals surface area contributed by atoms with Gasteiger partial charge in [-0.25, -0.2) is 9.18 Å². The van der Waals surface area contributed by atoms with Gasteiger partial charge in [-0.1, -0.05) is 24.3 Å². The molecule has 0 radical (unpaired) electrons. The van der Waals surface area contributed by atoms with Gasteiger partial charge in [0.15, 0.2) is 0 Å². The van der Waals surface area contributed by atoms with Crippen molar-refractivity contribution in [3.05, 3.63) is 80.2 Å². The van der Waals surface area contributed by atoms with Crippen LogP contribution in [0.2, 0.25) is 0 Å². The number of halogens is 4. The molecule has 0 bridgehead atoms. The summed E-state index contributed by atoms with van der Waals surface area (Å²) in [6, 6.07) is 9.18. The van der Waals surface area contributed by atoms with E-state index in [1.54, 1.807) is 12.1 Å². The van der Waals surface area contributed by atoms with Gasteiger partial charge in [0.05, 0.1) is 36.0 Å². The van der Waals surface area contributed by atoms with Crippen LogP contribution in [-0.4, -0.2) is 22.2 Å². The molecule has 0 spiro atoms. The monoisotopic (exact) mass is 492 g/mol. The van der Waals surface area contributed by atoms with Crippen molar-refractivity contribution in [1.82, 2.24) is 9.13 Å². The van der Waals surface area contributed by atoms with Crippen molar-refractivity contribution in [2.24, 2.45) is 11.8 Å². The number of carbonyl (C=O) groups excluding carboxylic acids is 1. The molecular formula is C25H24F4N2O4. The Morgan fingerprint density at radius 1 is 1.00 bits per heavy atom. The van der Waals surface area contributed by atoms with Crippen molar-refractivity contribution >= 4 is 16.9 Å². The quantitative estimate of drug-likeness (QED) is 0.392. The second kappa shape index (κ2) is 9.67. The first-order valence-corrected chi connectivity index (χ1v) is 11.3. The van der Waals surface area contributed by atoms with Gasteiger partial charge in [-0.05, 0) is 49.8 Å². The minimum Gasteiger partial charge on any atom is -0.469 e. The molecule has 1 heterocycles. The second-order valence-electron chi connectivity index (χ2n) is 8.82. The van der Waals surface area contributed by atoms with Crippen LogP contribution in [0.15, 0.2) is 52.1 Å². The van der Waals surface area contributed by atoms with E-state index < -0.39 is 35.4 Å². The summed E-state index contributed by atoms with van der Waals surface area (Å²) in [6.45, 7) is -0.369. The van der Waals surface area contributed by atoms with Crippen LogP contribution in [0.3, 0.4) is 0 Å². The molecule has 6 nitrogen and oxygen atoms in total. The van der Waals surface area contributed by atoms with E-state index in [0.717, 1.165) is 15.2 Å². The Hall–Kier alpha value is -3.43. The van der Waals surface area contributed by atoms with Gasteiger partial charge in [-0.15, -0.1) is 0 Å². The minimum atomic E-state index is -4.88. The van der Waals surface area contributed by atoms with Crippen LogP contribution in [0.5, 0.6) is 0 Å². The number of rotatable bonds is 5. The number of carbonyl (C=O) groups is 1. The first-order valence-electron chi connectivity index (χ1n) is 11.3. The summed E-state index contributed by atoms with van der Waals surface area (Å²) in [5, 5.41) is 0.211. The summed E-state index contributed by atoms with van der Waals surface area (Å²) in [5.74, 6) is -1.99. The highest BCUT2D eigenvalue weighted by Gasteiger charge is 2.35. The zero-order chi connectivity index (χ0) is 25.3. The van der Waals surface area contributed by atoms with Gasteiger partial charge in [0.1, 0.15) is 5.82 Å². The number of methoxy groups -OCH3 is 1. The van der Waals surface area contributed by atoms with Crippen molar-refractivity contribution in [3.8, 4) is 0 Å². The third-order valence-electron chi connectivity index (χ3n) is 6.67. The first kappa shape index (κ1) is 24.7. The Labute approximate surface area is 197 Å². The Kier molecular flexibility index (Phi) is 6.82. The predicted molar refractivity (Wildman–Crippen MR) is 120 cm³/mol. The Morgan fingerprint density at radius 2 is 1.69 bits per heavy atom. The zero-order valence-corrected chi connectivity index (χ0v) is 19.0. The summed E-state index contributed by atoms with van der Waals surface area (Å²) in [6.07, 6.45) is -2.51. The van der Waals surface area contributed by atoms with Crippen LogP contribution < -0.4 is 11.2 Å². The summed E-state index contributed by atoms with van der Waals surface area (Å²) in [5.41, 5.74) is -2.74. The van der Waals surface area contributed by atoms with Crippen LogP contribution in [0, 0.1) is 17.7 Å². The van der Waals surface area contributed by atoms with Crippen LogP contribution in [0.25, 0.3) is 10.9 Å². The van der Waals surface area contributed by atoms with E-state index in [1.165, 1.54) is 25.3 Å². The fraction of sp³-hybridized carbons (Fsp3) is 0.400. The van der Waals surface area contributed by atoms with Gasteiger partial charge in [-0.2, -0.15) is 13.2 Å². The average Bonchev–Trinajstić information content (AvgIpc) is 2.84. The second-order valence-corrected chi connectivity index (χ2v) is 8.82. The Bertz CT molecular complexity index is 1370. The Balaban J connectivity index is 1.73. The number of aromatic nitrogens is 2. The minimum absolute atomic E-state index is 0.0405. The summed E-state index contributed by atoms with van der Waals surface area (Å²) >= 11 is 0. The fourth-order valence-electron chi connectivity index (χ4n) is 4.78. The van der Waals surface area contributed by atoms with Gasteiger partial charge in [0.2, 0.25) is 0 Å². The Morgan fingerprint density at radius 3 is 2.34 bits per heavy atom. The molecule has 0 saturated heterocycles. The molecule has 0 N–H and O–H groups in total. The molecule has 1 aliphatic carbocycles. The molecule has 1 saturated carbocycles. The number of hydrogen-bond donors (Lipinski definition) is 0. The van der Waals surface area contributed by atoms with Gasteiger partial charge >= 0.3 is 17.8 Å². The lowest BCUT2D eigenvalue weighted by atomic mass is 9.82. The molecule has 3 aromatic rings. The highest BCUT2D eigenvalue weighted by atomic mass is 19.4. The van der Waals surface area contributed by atoms with Crippen LogP contribution in [0.4, 0.5) is 17.6 Å². The van der Waals surface area contributed by atoms with Crippen LogP contribution >= 0.6 is 0 Å². The number of benzene rings is 2. The number of fused-ring (bicyclic) bond motifs is 1. The molecule has 4 rings (SSSR count). The summed E-state index contributed by atoms with van der Waals surface area (Å²) in [4.78, 5) is 38.3. The van der Waals surface area contributed by atoms with Crippen LogP contribution in [0.1, 0.15) is 36.8 Å². The van der Waals surface area contributed by atoms with Crippen molar-refractivity contribution in [3.63, 3.8) is 0 Å². The largest absolute Gasteiger partial charge is 0.469 e. The fourth-order valence-corrected chi connectivity index (χ4v) is 4.78. The molecule has 35 heavy (non-hydrogen) atoms. The lowest BCUT2D eigenvalue weighted by molar-refractivity contribution is -0.147. The molecule has 1 fully saturated rings. The lowest BCUT2D eigenvalue weighted by Gasteiger charge is -2.27. The van der Waals surface area contributed by atoms with Crippen molar-refractivity contribution < 1.29 is 27.1 Å². The first-order chi connectivity index (χ1) is 16.6. The molecule has 0 atom stereocenters. The average molecular weight is 492 g/mol. The maximum absolute atomic E-state index is 14.7. The van der Waals surface area contributed by atoms with Gasteiger partial charge < -0.3 is 4.74 Å². The van der Waals surface area contributed by atoms with Crippen molar-refractivity contribution in [2.45, 2.75) is 44.9 Å². The highest BCUT2D eigenvalue weighted by Crippen LogP contribution is 2.33. The maximum atomic E-state index is 14.7. The highest BCUT2D eigenvalue weighted by molar-refractivity contribution is 5.78. The van der Waals surface area contributed by atoms with Crippen molar-refractivity contribution in [1.29, 1.82) is 0 Å². The molecule has 10 heteroatoms. The van der Waals surface area contributed by atoms with E-state index >= 15 is 0 Å². The zero-order valence-electron chi connectivity index (χ0n) is 19.0. The predicted octanol–water partition coefficient (Wildman–Crippen LogP) is 4.35. The SMILES string of the molecule is COC(=O)C1CCC(Cn2c(=O)c3ccccc3n(Cc3cccc(C(F)(F)F)c3F)c2=O)CC1. The number of esters is 1. The van der Waals surface area contributed by atoms with E-state index in [2.05, 4.69) is 0 Å². The number of para-hydroxylation sites is 1. The standard InChI is InChI=1S/C25H24F4N2O4/c1-35-23(33)16-11-9-15(10-12-16)13-31-22(32)18-6-2-3-8-20(18)30(24(31)34)14-17-5-4-7-19(21(17)26)25(27,28)29/h2-8,15-16H,9-14H2,1H3. The number of hydrogen-bond acceptors (Lipinski definition) is 4. The molecule has 0 unspecified atom stereocenters. The summed E-state index contributed by atoms with van der Waals surface area (Å²) < 4.78 is 61.3. The normalized spacial score (nSPS) is 18.5. The van der Waals surface area contributed by atoms with E-state index in [4.69, 9.17) is 4.74 Å². The van der Waals surface area contributed by atoms with Gasteiger partial charge in [0, 0.05) is 12.1 Å². The van der Waals surface area contributed by atoms with Crippen LogP contribution in [-0.2, 0) is 28.8 Å². The number of alkyl halides is 3. The molecule has 1 aliphatic rings. The molecule has 0 amide bonds. The van der Waals surface area contributed by atoms with Gasteiger partial charge in [-0.3, -0.25) is 18.7 Å². The molecule has 0 aliphatic heterocycles. The van der Waals surface area contributed by atoms with E-state index in [1.807, 2.05) is 0 Å². The van der Waals surface area contributed by atoms with Gasteiger partial charge in [0.25, 0.3) is 5.56 Å². The topological polar surface area (TPSA) is 70.3 Å². The number of ether oxygens (including phenoxy) is 1. The lowest BCUT2D eigenvalue weighted by Crippen LogP contribution is -2.42. The third kappa shape index (κ3) is 4.87. The molecular weight excluding hydrogens is 468 g/mol. The van der Waals surface area contributed by atoms with Crippen molar-refractivity contribution in [2.75, 3.05) is 7.11 Å². The van der Waals surface area contributed by atoms with E-state index in [-0.39, 0.29) is 40.8 Å². The third-order valence-corrected chi connectivity index (χ3v) is 6.67. The maximum Gasteiger partial charge on any atom is 0.419 e. The summed E-state index contributed by atoms with van der Waals surface area (Å²) in [7, 11) is 1.33. The molecule has 1 aromatic heterocycles. The van der Waals surface area contributed by atoms with E-state index in [0.29, 0.717) is 31.7 Å². The molecule has 2 aromatic carbocycles.